The minimum atomic E-state index is -2.63. The van der Waals surface area contributed by atoms with Crippen molar-refractivity contribution in [2.75, 3.05) is 41.9 Å². The number of aliphatic hydroxyl groups is 2. The van der Waals surface area contributed by atoms with E-state index in [0.717, 1.165) is 4.90 Å². The second-order valence-electron chi connectivity index (χ2n) is 21.8. The summed E-state index contributed by atoms with van der Waals surface area (Å²) in [5.41, 5.74) is 0.862. The van der Waals surface area contributed by atoms with E-state index in [0.29, 0.717) is 72.8 Å². The predicted molar refractivity (Wildman–Crippen MR) is 274 cm³/mol. The highest BCUT2D eigenvalue weighted by Crippen LogP contribution is 2.39. The van der Waals surface area contributed by atoms with Crippen LogP contribution < -0.4 is 0 Å². The summed E-state index contributed by atoms with van der Waals surface area (Å²) in [7, 11) is 6.96. The van der Waals surface area contributed by atoms with Gasteiger partial charge in [-0.1, -0.05) is 71.1 Å². The number of carbonyl (C=O) groups excluding carboxylic acids is 7. The van der Waals surface area contributed by atoms with Gasteiger partial charge in [-0.3, -0.25) is 29.6 Å². The highest BCUT2D eigenvalue weighted by Gasteiger charge is 2.53. The quantitative estimate of drug-likeness (QED) is 0.0721. The second kappa shape index (κ2) is 28.6. The van der Waals surface area contributed by atoms with Crippen LogP contribution in [0, 0.1) is 41.4 Å². The molecule has 3 heterocycles. The average Bonchev–Trinajstić information content (AvgIpc) is 3.36. The smallest absolute Gasteiger partial charge is 0.343 e. The van der Waals surface area contributed by atoms with Crippen molar-refractivity contribution in [3.8, 4) is 0 Å². The topological polar surface area (TPSA) is 260 Å². The molecule has 20 nitrogen and oxygen atoms in total. The Bertz CT molecular complexity index is 2120. The van der Waals surface area contributed by atoms with Gasteiger partial charge < -0.3 is 43.8 Å². The lowest BCUT2D eigenvalue weighted by Crippen LogP contribution is -2.61. The number of aliphatic hydroxyl groups excluding tert-OH is 1. The van der Waals surface area contributed by atoms with Gasteiger partial charge >= 0.3 is 18.0 Å². The molecule has 4 N–H and O–H groups in total. The van der Waals surface area contributed by atoms with Crippen molar-refractivity contribution < 1.29 is 78.0 Å². The average molecular weight is 1060 g/mol. The van der Waals surface area contributed by atoms with Crippen LogP contribution in [0.3, 0.4) is 0 Å². The van der Waals surface area contributed by atoms with E-state index in [-0.39, 0.29) is 55.6 Å². The minimum Gasteiger partial charge on any atom is -0.460 e. The van der Waals surface area contributed by atoms with E-state index in [1.807, 2.05) is 19.9 Å². The van der Waals surface area contributed by atoms with Gasteiger partial charge in [0.1, 0.15) is 30.1 Å². The third-order valence-corrected chi connectivity index (χ3v) is 15.7. The van der Waals surface area contributed by atoms with Crippen LogP contribution in [0.15, 0.2) is 47.6 Å². The highest BCUT2D eigenvalue weighted by molar-refractivity contribution is 6.39. The predicted octanol–water partition coefficient (Wildman–Crippen LogP) is 5.94. The summed E-state index contributed by atoms with van der Waals surface area (Å²) in [6.45, 7) is 12.1. The fraction of sp³-hybridized carbons (Fsp3) is 0.727. The van der Waals surface area contributed by atoms with E-state index in [4.69, 9.17) is 23.8 Å². The number of nitrogens with zero attached hydrogens (tertiary/aromatic N) is 4. The molecule has 1 saturated carbocycles. The number of esters is 1. The van der Waals surface area contributed by atoms with Crippen molar-refractivity contribution in [1.82, 2.24) is 20.1 Å². The minimum absolute atomic E-state index is 0.0134. The van der Waals surface area contributed by atoms with Crippen LogP contribution >= 0.6 is 0 Å². The molecule has 4 rings (SSSR count). The van der Waals surface area contributed by atoms with E-state index < -0.39 is 108 Å². The number of carbonyl (C=O) groups is 7. The summed E-state index contributed by atoms with van der Waals surface area (Å²) < 4.78 is 23.7. The van der Waals surface area contributed by atoms with Gasteiger partial charge in [0.25, 0.3) is 11.7 Å². The summed E-state index contributed by atoms with van der Waals surface area (Å²) >= 11 is 0. The SMILES string of the molecule is CO[C@@H]1C[C@H](C[C@@H](C)[C@@H]2CC(=O)[C@H](C)/C=C(\C)[C@@H](O)[C@@H](OC)C(=O)[C@H](C)C[C@H](C)/C=C/C=C/C=C(\C)[C@@H](N(O)C(=O)N(C)C)C[C@@H]3CC[C@@H](C)[C@@](O)(O3)C(=O)C(=O)N3CCCC[C@H]3C(=O)O2)CC[C@H]1C(=O)ON(C)O. The first-order valence-corrected chi connectivity index (χ1v) is 26.6. The van der Waals surface area contributed by atoms with Gasteiger partial charge in [-0.25, -0.2) is 14.4 Å². The number of hydrogen-bond acceptors (Lipinski definition) is 17. The Morgan fingerprint density at radius 2 is 1.57 bits per heavy atom. The maximum Gasteiger partial charge on any atom is 0.343 e. The van der Waals surface area contributed by atoms with Crippen molar-refractivity contribution in [2.24, 2.45) is 41.4 Å². The van der Waals surface area contributed by atoms with E-state index >= 15 is 0 Å². The number of rotatable bonds is 8. The zero-order valence-corrected chi connectivity index (χ0v) is 46.2. The van der Waals surface area contributed by atoms with Crippen molar-refractivity contribution in [3.05, 3.63) is 47.6 Å². The Labute approximate surface area is 442 Å². The molecule has 20 heteroatoms. The van der Waals surface area contributed by atoms with E-state index in [9.17, 15) is 54.2 Å². The molecule has 0 aromatic carbocycles. The molecule has 0 spiro atoms. The summed E-state index contributed by atoms with van der Waals surface area (Å²) in [4.78, 5) is 105. The molecule has 0 aromatic rings. The first kappa shape index (κ1) is 62.9. The number of hydroxylamine groups is 4. The maximum absolute atomic E-state index is 14.6. The molecule has 3 amide bonds. The molecule has 0 aromatic heterocycles. The molecule has 422 valence electrons. The van der Waals surface area contributed by atoms with Crippen LogP contribution in [0.2, 0.25) is 0 Å². The molecule has 1 aliphatic carbocycles. The van der Waals surface area contributed by atoms with Gasteiger partial charge in [0.2, 0.25) is 5.79 Å². The van der Waals surface area contributed by atoms with Gasteiger partial charge in [-0.2, -0.15) is 5.06 Å². The van der Waals surface area contributed by atoms with Crippen LogP contribution in [0.4, 0.5) is 4.79 Å². The zero-order valence-electron chi connectivity index (χ0n) is 46.2. The van der Waals surface area contributed by atoms with Crippen molar-refractivity contribution in [1.29, 1.82) is 0 Å². The van der Waals surface area contributed by atoms with Crippen LogP contribution in [-0.2, 0) is 52.6 Å². The third-order valence-electron chi connectivity index (χ3n) is 15.7. The number of methoxy groups -OCH3 is 2. The Morgan fingerprint density at radius 3 is 2.21 bits per heavy atom. The number of amides is 3. The Morgan fingerprint density at radius 1 is 0.880 bits per heavy atom. The van der Waals surface area contributed by atoms with Gasteiger partial charge in [0.05, 0.1) is 31.2 Å². The largest absolute Gasteiger partial charge is 0.460 e. The van der Waals surface area contributed by atoms with Gasteiger partial charge in [-0.15, -0.1) is 0 Å². The van der Waals surface area contributed by atoms with Gasteiger partial charge in [0, 0.05) is 65.5 Å². The normalized spacial score (nSPS) is 36.5. The Kier molecular flexibility index (Phi) is 24.0. The molecular formula is C55H86N4O16. The molecular weight excluding hydrogens is 973 g/mol. The van der Waals surface area contributed by atoms with Crippen molar-refractivity contribution in [3.63, 3.8) is 0 Å². The van der Waals surface area contributed by atoms with Crippen molar-refractivity contribution in [2.45, 2.75) is 174 Å². The fourth-order valence-corrected chi connectivity index (χ4v) is 11.0. The third kappa shape index (κ3) is 16.7. The Hall–Kier alpha value is -4.67. The summed E-state index contributed by atoms with van der Waals surface area (Å²) in [5, 5.41) is 45.4. The fourth-order valence-electron chi connectivity index (χ4n) is 11.0. The van der Waals surface area contributed by atoms with Crippen LogP contribution in [0.1, 0.15) is 126 Å². The maximum atomic E-state index is 14.6. The lowest BCUT2D eigenvalue weighted by molar-refractivity contribution is -0.306. The first-order chi connectivity index (χ1) is 35.2. The molecule has 4 aliphatic rings. The molecule has 15 atom stereocenters. The van der Waals surface area contributed by atoms with Crippen LogP contribution in [0.5, 0.6) is 0 Å². The van der Waals surface area contributed by atoms with Gasteiger partial charge in [0.15, 0.2) is 5.78 Å². The number of piperidine rings is 1. The molecule has 0 radical (unpaired) electrons. The van der Waals surface area contributed by atoms with E-state index in [1.165, 1.54) is 40.3 Å². The number of ether oxygens (including phenoxy) is 4. The molecule has 3 fully saturated rings. The number of cyclic esters (lactones) is 1. The molecule has 3 aliphatic heterocycles. The number of hydrogen-bond donors (Lipinski definition) is 4. The lowest BCUT2D eigenvalue weighted by atomic mass is 9.75. The zero-order chi connectivity index (χ0) is 56.1. The standard InChI is InChI=1S/C55H86N4O16/c1-32-18-14-13-15-19-33(2)43(59(70)54(67)56(8)9)30-40-23-21-38(7)55(68,74-40)50(63)51(64)58-25-17-16-20-42(58)53(66)73-45(35(4)28-39-22-24-41(46(29-39)71-11)52(65)75-57(10)69)31-44(60)34(3)27-37(6)48(62)49(72-12)47(61)36(5)26-32/h13-15,18-19,27,32,34-36,38-43,45-46,48-49,62,68-70H,16-17,20-26,28-31H2,1-12H3/b15-13+,18-14+,33-19+,37-27+/t32-,34-,35-,36-,38-,39+,40+,41-,42+,43+,45+,46-,48-,49+,55-/m1/s1. The van der Waals surface area contributed by atoms with E-state index in [1.54, 1.807) is 65.0 Å². The van der Waals surface area contributed by atoms with E-state index in [2.05, 4.69) is 0 Å². The molecule has 0 unspecified atom stereocenters. The van der Waals surface area contributed by atoms with Gasteiger partial charge in [-0.05, 0) is 112 Å². The number of Topliss-reactive ketones (excluding diaryl/α,β-unsaturated/α-hetero) is 3. The molecule has 2 bridgehead atoms. The Balaban J connectivity index is 1.75. The van der Waals surface area contributed by atoms with Crippen LogP contribution in [0.25, 0.3) is 0 Å². The summed E-state index contributed by atoms with van der Waals surface area (Å²) in [5.74, 6) is -10.7. The lowest BCUT2D eigenvalue weighted by Gasteiger charge is -2.43. The molecule has 2 saturated heterocycles. The number of ketones is 3. The monoisotopic (exact) mass is 1060 g/mol. The number of allylic oxidation sites excluding steroid dienone is 6. The number of urea groups is 1. The van der Waals surface area contributed by atoms with Crippen molar-refractivity contribution >= 4 is 41.2 Å². The summed E-state index contributed by atoms with van der Waals surface area (Å²) in [6, 6.07) is -2.98. The summed E-state index contributed by atoms with van der Waals surface area (Å²) in [6.07, 6.45) is 8.81. The van der Waals surface area contributed by atoms with Crippen LogP contribution in [-0.4, -0.2) is 172 Å². The second-order valence-corrected chi connectivity index (χ2v) is 21.8. The number of fused-ring (bicyclic) bond motifs is 3. The first-order valence-electron chi connectivity index (χ1n) is 26.6. The molecule has 75 heavy (non-hydrogen) atoms. The highest BCUT2D eigenvalue weighted by atomic mass is 16.9.